The molecule has 20 heavy (non-hydrogen) atoms. The highest BCUT2D eigenvalue weighted by molar-refractivity contribution is 6.03. The van der Waals surface area contributed by atoms with Gasteiger partial charge in [-0.25, -0.2) is 0 Å². The number of hydrogen-bond acceptors (Lipinski definition) is 4. The van der Waals surface area contributed by atoms with Gasteiger partial charge in [-0.05, 0) is 31.0 Å². The van der Waals surface area contributed by atoms with Gasteiger partial charge in [0, 0.05) is 17.7 Å². The first kappa shape index (κ1) is 13.8. The predicted octanol–water partition coefficient (Wildman–Crippen LogP) is 2.25. The van der Waals surface area contributed by atoms with Gasteiger partial charge < -0.3 is 14.9 Å². The molecular formula is C14H14N2O4. The van der Waals surface area contributed by atoms with Crippen molar-refractivity contribution in [3.05, 3.63) is 47.3 Å². The van der Waals surface area contributed by atoms with Crippen molar-refractivity contribution in [1.82, 2.24) is 5.16 Å². The second kappa shape index (κ2) is 6.01. The highest BCUT2D eigenvalue weighted by atomic mass is 16.5. The first-order chi connectivity index (χ1) is 9.56. The first-order valence-electron chi connectivity index (χ1n) is 6.09. The number of aliphatic carboxylic acids is 1. The Hall–Kier alpha value is -2.63. The third-order valence-corrected chi connectivity index (χ3v) is 2.77. The number of anilines is 1. The molecule has 2 rings (SSSR count). The number of nitrogens with zero attached hydrogens (tertiary/aromatic N) is 1. The summed E-state index contributed by atoms with van der Waals surface area (Å²) in [5, 5.41) is 14.9. The van der Waals surface area contributed by atoms with E-state index in [1.54, 1.807) is 25.1 Å². The van der Waals surface area contributed by atoms with Gasteiger partial charge in [-0.15, -0.1) is 0 Å². The quantitative estimate of drug-likeness (QED) is 0.872. The van der Waals surface area contributed by atoms with Gasteiger partial charge in [-0.1, -0.05) is 17.3 Å². The number of carboxylic acid groups (broad SMARTS) is 1. The molecule has 0 bridgehead atoms. The molecule has 0 aliphatic heterocycles. The Kier molecular flexibility index (Phi) is 4.14. The van der Waals surface area contributed by atoms with E-state index in [1.807, 2.05) is 6.07 Å². The summed E-state index contributed by atoms with van der Waals surface area (Å²) in [7, 11) is 0. The molecule has 0 aliphatic rings. The van der Waals surface area contributed by atoms with Gasteiger partial charge in [-0.3, -0.25) is 9.59 Å². The first-order valence-corrected chi connectivity index (χ1v) is 6.09. The fourth-order valence-corrected chi connectivity index (χ4v) is 1.75. The summed E-state index contributed by atoms with van der Waals surface area (Å²) in [6, 6.07) is 7.05. The molecule has 2 N–H and O–H groups in total. The minimum Gasteiger partial charge on any atom is -0.481 e. The maximum atomic E-state index is 11.9. The van der Waals surface area contributed by atoms with Crippen molar-refractivity contribution >= 4 is 17.6 Å². The molecule has 0 fully saturated rings. The largest absolute Gasteiger partial charge is 0.481 e. The summed E-state index contributed by atoms with van der Waals surface area (Å²) in [5.41, 5.74) is 2.10. The highest BCUT2D eigenvalue weighted by Gasteiger charge is 2.14. The average Bonchev–Trinajstić information content (AvgIpc) is 2.83. The lowest BCUT2D eigenvalue weighted by Crippen LogP contribution is -2.12. The van der Waals surface area contributed by atoms with Gasteiger partial charge in [-0.2, -0.15) is 0 Å². The highest BCUT2D eigenvalue weighted by Crippen LogP contribution is 2.15. The van der Waals surface area contributed by atoms with E-state index in [1.165, 1.54) is 6.20 Å². The molecule has 1 amide bonds. The van der Waals surface area contributed by atoms with E-state index in [2.05, 4.69) is 10.5 Å². The van der Waals surface area contributed by atoms with Gasteiger partial charge >= 0.3 is 5.97 Å². The van der Waals surface area contributed by atoms with Crippen molar-refractivity contribution in [3.8, 4) is 0 Å². The Morgan fingerprint density at radius 1 is 1.40 bits per heavy atom. The zero-order chi connectivity index (χ0) is 14.5. The van der Waals surface area contributed by atoms with E-state index >= 15 is 0 Å². The summed E-state index contributed by atoms with van der Waals surface area (Å²) in [6.07, 6.45) is 1.94. The van der Waals surface area contributed by atoms with Crippen LogP contribution < -0.4 is 5.32 Å². The van der Waals surface area contributed by atoms with Gasteiger partial charge in [0.05, 0.1) is 6.20 Å². The normalized spacial score (nSPS) is 10.2. The molecule has 0 atom stereocenters. The zero-order valence-electron chi connectivity index (χ0n) is 10.9. The molecule has 104 valence electrons. The van der Waals surface area contributed by atoms with Crippen LogP contribution in [0.4, 0.5) is 5.69 Å². The third kappa shape index (κ3) is 3.44. The smallest absolute Gasteiger partial charge is 0.303 e. The Morgan fingerprint density at radius 2 is 2.20 bits per heavy atom. The molecule has 0 saturated heterocycles. The third-order valence-electron chi connectivity index (χ3n) is 2.77. The number of rotatable bonds is 5. The molecule has 1 aromatic heterocycles. The van der Waals surface area contributed by atoms with Crippen molar-refractivity contribution in [3.63, 3.8) is 0 Å². The zero-order valence-corrected chi connectivity index (χ0v) is 10.9. The average molecular weight is 274 g/mol. The van der Waals surface area contributed by atoms with E-state index in [0.29, 0.717) is 17.7 Å². The summed E-state index contributed by atoms with van der Waals surface area (Å²) in [4.78, 5) is 22.5. The van der Waals surface area contributed by atoms with E-state index < -0.39 is 5.97 Å². The molecule has 2 aromatic rings. The number of aromatic nitrogens is 1. The molecule has 0 unspecified atom stereocenters. The lowest BCUT2D eigenvalue weighted by Gasteiger charge is -2.05. The Labute approximate surface area is 115 Å². The number of carbonyl (C=O) groups excluding carboxylic acids is 1. The number of benzene rings is 1. The molecule has 1 heterocycles. The Balaban J connectivity index is 2.06. The van der Waals surface area contributed by atoms with E-state index in [0.717, 1.165) is 5.56 Å². The summed E-state index contributed by atoms with van der Waals surface area (Å²) in [5.74, 6) is -1.06. The fraction of sp³-hybridized carbons (Fsp3) is 0.214. The van der Waals surface area contributed by atoms with Crippen LogP contribution in [0.2, 0.25) is 0 Å². The van der Waals surface area contributed by atoms with Crippen molar-refractivity contribution < 1.29 is 19.2 Å². The van der Waals surface area contributed by atoms with E-state index in [-0.39, 0.29) is 18.1 Å². The maximum Gasteiger partial charge on any atom is 0.303 e. The number of amides is 1. The van der Waals surface area contributed by atoms with Crippen LogP contribution in [-0.2, 0) is 11.2 Å². The Morgan fingerprint density at radius 3 is 2.85 bits per heavy atom. The van der Waals surface area contributed by atoms with E-state index in [4.69, 9.17) is 9.63 Å². The molecule has 0 spiro atoms. The van der Waals surface area contributed by atoms with Crippen LogP contribution in [0.15, 0.2) is 35.0 Å². The summed E-state index contributed by atoms with van der Waals surface area (Å²) >= 11 is 0. The standard InChI is InChI=1S/C14H14N2O4/c1-9-8-15-20-13(9)14(19)16-11-4-2-3-10(7-11)5-6-12(17)18/h2-4,7-8H,5-6H2,1H3,(H,16,19)(H,17,18). The van der Waals surface area contributed by atoms with Crippen LogP contribution in [0.3, 0.4) is 0 Å². The van der Waals surface area contributed by atoms with Gasteiger partial charge in [0.25, 0.3) is 5.91 Å². The SMILES string of the molecule is Cc1cnoc1C(=O)Nc1cccc(CCC(=O)O)c1. The number of carbonyl (C=O) groups is 2. The minimum absolute atomic E-state index is 0.0542. The number of nitrogens with one attached hydrogen (secondary N) is 1. The lowest BCUT2D eigenvalue weighted by molar-refractivity contribution is -0.136. The summed E-state index contributed by atoms with van der Waals surface area (Å²) < 4.78 is 4.87. The molecule has 6 heteroatoms. The van der Waals surface area contributed by atoms with Gasteiger partial charge in [0.1, 0.15) is 0 Å². The second-order valence-electron chi connectivity index (χ2n) is 4.39. The van der Waals surface area contributed by atoms with Crippen molar-refractivity contribution in [2.24, 2.45) is 0 Å². The lowest BCUT2D eigenvalue weighted by atomic mass is 10.1. The van der Waals surface area contributed by atoms with Gasteiger partial charge in [0.15, 0.2) is 0 Å². The van der Waals surface area contributed by atoms with Crippen LogP contribution in [0, 0.1) is 6.92 Å². The molecule has 1 aromatic carbocycles. The molecule has 6 nitrogen and oxygen atoms in total. The van der Waals surface area contributed by atoms with Crippen LogP contribution in [-0.4, -0.2) is 22.1 Å². The fourth-order valence-electron chi connectivity index (χ4n) is 1.75. The maximum absolute atomic E-state index is 11.9. The predicted molar refractivity (Wildman–Crippen MR) is 71.6 cm³/mol. The Bertz CT molecular complexity index is 634. The van der Waals surface area contributed by atoms with E-state index in [9.17, 15) is 9.59 Å². The van der Waals surface area contributed by atoms with Crippen molar-refractivity contribution in [2.45, 2.75) is 19.8 Å². The van der Waals surface area contributed by atoms with Crippen LogP contribution in [0.5, 0.6) is 0 Å². The molecule has 0 saturated carbocycles. The van der Waals surface area contributed by atoms with Crippen LogP contribution in [0.1, 0.15) is 28.1 Å². The van der Waals surface area contributed by atoms with Gasteiger partial charge in [0.2, 0.25) is 5.76 Å². The van der Waals surface area contributed by atoms with Crippen LogP contribution >= 0.6 is 0 Å². The number of aryl methyl sites for hydroxylation is 2. The number of carboxylic acids is 1. The van der Waals surface area contributed by atoms with Crippen LogP contribution in [0.25, 0.3) is 0 Å². The summed E-state index contributed by atoms with van der Waals surface area (Å²) in [6.45, 7) is 1.73. The number of hydrogen-bond donors (Lipinski definition) is 2. The van der Waals surface area contributed by atoms with Crippen molar-refractivity contribution in [2.75, 3.05) is 5.32 Å². The second-order valence-corrected chi connectivity index (χ2v) is 4.39. The van der Waals surface area contributed by atoms with Crippen molar-refractivity contribution in [1.29, 1.82) is 0 Å². The topological polar surface area (TPSA) is 92.4 Å². The minimum atomic E-state index is -0.850. The monoisotopic (exact) mass is 274 g/mol. The molecule has 0 radical (unpaired) electrons. The molecule has 0 aliphatic carbocycles. The molecular weight excluding hydrogens is 260 g/mol.